The van der Waals surface area contributed by atoms with Crippen LogP contribution >= 0.6 is 23.1 Å². The third-order valence-corrected chi connectivity index (χ3v) is 5.65. The quantitative estimate of drug-likeness (QED) is 0.381. The molecule has 1 saturated heterocycles. The van der Waals surface area contributed by atoms with E-state index in [1.54, 1.807) is 65.1 Å². The first-order chi connectivity index (χ1) is 13.7. The van der Waals surface area contributed by atoms with Crippen LogP contribution in [0, 0.1) is 0 Å². The summed E-state index contributed by atoms with van der Waals surface area (Å²) in [5.41, 5.74) is 0.815. The molecule has 0 unspecified atom stereocenters. The van der Waals surface area contributed by atoms with E-state index >= 15 is 0 Å². The molecular formula is C20H15N3O3S2. The molecule has 1 amide bonds. The van der Waals surface area contributed by atoms with Gasteiger partial charge in [0.1, 0.15) is 11.5 Å². The van der Waals surface area contributed by atoms with Crippen molar-refractivity contribution < 1.29 is 14.3 Å². The predicted octanol–water partition coefficient (Wildman–Crippen LogP) is 4.55. The summed E-state index contributed by atoms with van der Waals surface area (Å²) in [7, 11) is 0. The van der Waals surface area contributed by atoms with Crippen molar-refractivity contribution in [1.82, 2.24) is 4.90 Å². The fourth-order valence-electron chi connectivity index (χ4n) is 2.50. The van der Waals surface area contributed by atoms with Gasteiger partial charge >= 0.3 is 0 Å². The normalized spacial score (nSPS) is 17.4. The summed E-state index contributed by atoms with van der Waals surface area (Å²) in [5.74, 6) is 0.673. The molecule has 1 fully saturated rings. The number of thiophene rings is 1. The third kappa shape index (κ3) is 4.24. The first-order valence-corrected chi connectivity index (χ1v) is 10.1. The lowest BCUT2D eigenvalue weighted by molar-refractivity contribution is -0.122. The van der Waals surface area contributed by atoms with E-state index in [1.807, 2.05) is 23.6 Å². The molecule has 1 N–H and O–H groups in total. The summed E-state index contributed by atoms with van der Waals surface area (Å²) >= 11 is 2.82. The number of furan rings is 1. The highest BCUT2D eigenvalue weighted by Gasteiger charge is 2.34. The Labute approximate surface area is 169 Å². The summed E-state index contributed by atoms with van der Waals surface area (Å²) in [4.78, 5) is 16.0. The number of benzene rings is 1. The zero-order valence-corrected chi connectivity index (χ0v) is 16.2. The Morgan fingerprint density at radius 1 is 1.14 bits per heavy atom. The first-order valence-electron chi connectivity index (χ1n) is 8.36. The van der Waals surface area contributed by atoms with Gasteiger partial charge in [0.2, 0.25) is 0 Å². The maximum absolute atomic E-state index is 12.9. The highest BCUT2D eigenvalue weighted by Crippen LogP contribution is 2.34. The number of hydrogen-bond acceptors (Lipinski definition) is 7. The zero-order valence-electron chi connectivity index (χ0n) is 14.6. The maximum Gasteiger partial charge on any atom is 0.267 e. The molecule has 0 radical (unpaired) electrons. The Bertz CT molecular complexity index is 1040. The number of rotatable bonds is 5. The topological polar surface area (TPSA) is 78.4 Å². The van der Waals surface area contributed by atoms with E-state index < -0.39 is 0 Å². The minimum absolute atomic E-state index is 0.167. The van der Waals surface area contributed by atoms with Gasteiger partial charge in [0.15, 0.2) is 5.17 Å². The van der Waals surface area contributed by atoms with E-state index in [0.717, 1.165) is 10.4 Å². The van der Waals surface area contributed by atoms with Crippen LogP contribution in [0.15, 0.2) is 79.7 Å². The van der Waals surface area contributed by atoms with Gasteiger partial charge in [-0.15, -0.1) is 16.4 Å². The van der Waals surface area contributed by atoms with Crippen LogP contribution in [-0.2, 0) is 11.3 Å². The van der Waals surface area contributed by atoms with Crippen LogP contribution < -0.4 is 0 Å². The second kappa shape index (κ2) is 8.28. The second-order valence-corrected chi connectivity index (χ2v) is 7.80. The van der Waals surface area contributed by atoms with Gasteiger partial charge in [-0.3, -0.25) is 9.69 Å². The van der Waals surface area contributed by atoms with Crippen molar-refractivity contribution in [2.75, 3.05) is 0 Å². The number of phenols is 1. The molecule has 0 bridgehead atoms. The van der Waals surface area contributed by atoms with Gasteiger partial charge < -0.3 is 9.52 Å². The third-order valence-electron chi connectivity index (χ3n) is 3.84. The average molecular weight is 409 g/mol. The van der Waals surface area contributed by atoms with Gasteiger partial charge in [-0.25, -0.2) is 0 Å². The molecule has 8 heteroatoms. The minimum Gasteiger partial charge on any atom is -0.508 e. The largest absolute Gasteiger partial charge is 0.508 e. The number of amidine groups is 1. The Hall–Kier alpha value is -3.10. The van der Waals surface area contributed by atoms with E-state index in [-0.39, 0.29) is 18.2 Å². The molecule has 140 valence electrons. The van der Waals surface area contributed by atoms with Crippen LogP contribution in [0.1, 0.15) is 16.2 Å². The molecule has 0 spiro atoms. The number of nitrogens with zero attached hydrogens (tertiary/aromatic N) is 3. The van der Waals surface area contributed by atoms with Crippen molar-refractivity contribution >= 4 is 46.5 Å². The number of aromatic hydroxyl groups is 1. The lowest BCUT2D eigenvalue weighted by Crippen LogP contribution is -2.28. The first kappa shape index (κ1) is 18.3. The van der Waals surface area contributed by atoms with E-state index in [0.29, 0.717) is 15.8 Å². The van der Waals surface area contributed by atoms with E-state index in [9.17, 15) is 9.90 Å². The fourth-order valence-corrected chi connectivity index (χ4v) is 4.02. The summed E-state index contributed by atoms with van der Waals surface area (Å²) in [5, 5.41) is 20.3. The van der Waals surface area contributed by atoms with Crippen molar-refractivity contribution in [2.24, 2.45) is 10.2 Å². The summed E-state index contributed by atoms with van der Waals surface area (Å²) < 4.78 is 5.38. The van der Waals surface area contributed by atoms with Crippen molar-refractivity contribution in [3.63, 3.8) is 0 Å². The molecule has 0 saturated carbocycles. The standard InChI is InChI=1S/C20H15N3O3S2/c24-15-7-5-14(6-8-15)11-18-19(25)23(13-16-3-1-9-26-16)20(28-18)22-21-12-17-4-2-10-27-17/h1-12,24H,13H2/b18-11-,21-12-,22-20+. The molecule has 3 heterocycles. The summed E-state index contributed by atoms with van der Waals surface area (Å²) in [6.07, 6.45) is 5.00. The van der Waals surface area contributed by atoms with Gasteiger partial charge in [-0.05, 0) is 59.1 Å². The Morgan fingerprint density at radius 3 is 2.71 bits per heavy atom. The van der Waals surface area contributed by atoms with Crippen LogP contribution in [0.2, 0.25) is 0 Å². The molecule has 0 aliphatic carbocycles. The lowest BCUT2D eigenvalue weighted by atomic mass is 10.2. The molecule has 4 rings (SSSR count). The zero-order chi connectivity index (χ0) is 19.3. The fraction of sp³-hybridized carbons (Fsp3) is 0.0500. The van der Waals surface area contributed by atoms with Crippen LogP contribution in [0.4, 0.5) is 0 Å². The van der Waals surface area contributed by atoms with Gasteiger partial charge in [0.05, 0.1) is 23.9 Å². The molecule has 28 heavy (non-hydrogen) atoms. The molecule has 1 aliphatic rings. The Kier molecular flexibility index (Phi) is 5.41. The Balaban J connectivity index is 1.61. The average Bonchev–Trinajstić information content (AvgIpc) is 3.44. The minimum atomic E-state index is -0.167. The smallest absolute Gasteiger partial charge is 0.267 e. The van der Waals surface area contributed by atoms with E-state index in [1.165, 1.54) is 11.8 Å². The molecule has 3 aromatic rings. The monoisotopic (exact) mass is 409 g/mol. The maximum atomic E-state index is 12.9. The van der Waals surface area contributed by atoms with Crippen molar-refractivity contribution in [2.45, 2.75) is 6.54 Å². The highest BCUT2D eigenvalue weighted by atomic mass is 32.2. The number of amides is 1. The van der Waals surface area contributed by atoms with Crippen molar-refractivity contribution in [3.8, 4) is 5.75 Å². The van der Waals surface area contributed by atoms with E-state index in [4.69, 9.17) is 4.42 Å². The lowest BCUT2D eigenvalue weighted by Gasteiger charge is -2.12. The molecule has 2 aromatic heterocycles. The van der Waals surface area contributed by atoms with Crippen LogP contribution in [0.3, 0.4) is 0 Å². The second-order valence-electron chi connectivity index (χ2n) is 5.82. The number of phenolic OH excluding ortho intramolecular Hbond substituents is 1. The van der Waals surface area contributed by atoms with Crippen LogP contribution in [0.25, 0.3) is 6.08 Å². The van der Waals surface area contributed by atoms with Gasteiger partial charge in [-0.2, -0.15) is 5.10 Å². The van der Waals surface area contributed by atoms with E-state index in [2.05, 4.69) is 10.2 Å². The van der Waals surface area contributed by atoms with Crippen molar-refractivity contribution in [3.05, 3.63) is 81.3 Å². The molecule has 6 nitrogen and oxygen atoms in total. The predicted molar refractivity (Wildman–Crippen MR) is 112 cm³/mol. The van der Waals surface area contributed by atoms with Crippen LogP contribution in [-0.4, -0.2) is 27.3 Å². The van der Waals surface area contributed by atoms with Gasteiger partial charge in [-0.1, -0.05) is 18.2 Å². The van der Waals surface area contributed by atoms with Crippen LogP contribution in [0.5, 0.6) is 5.75 Å². The Morgan fingerprint density at radius 2 is 2.00 bits per heavy atom. The van der Waals surface area contributed by atoms with Crippen molar-refractivity contribution in [1.29, 1.82) is 0 Å². The van der Waals surface area contributed by atoms with Gasteiger partial charge in [0, 0.05) is 4.88 Å². The summed E-state index contributed by atoms with van der Waals surface area (Å²) in [6, 6.07) is 14.1. The number of thioether (sulfide) groups is 1. The number of hydrogen-bond donors (Lipinski definition) is 1. The molecule has 1 aliphatic heterocycles. The number of carbonyl (C=O) groups excluding carboxylic acids is 1. The molecular weight excluding hydrogens is 394 g/mol. The van der Waals surface area contributed by atoms with Gasteiger partial charge in [0.25, 0.3) is 5.91 Å². The molecule has 0 atom stereocenters. The summed E-state index contributed by atoms with van der Waals surface area (Å²) in [6.45, 7) is 0.277. The highest BCUT2D eigenvalue weighted by molar-refractivity contribution is 8.18. The SMILES string of the molecule is O=C1/C(=C/c2ccc(O)cc2)S/C(=N/N=C\c2cccs2)N1Cc1ccco1. The molecule has 1 aromatic carbocycles. The number of carbonyl (C=O) groups is 1.